The van der Waals surface area contributed by atoms with Gasteiger partial charge >= 0.3 is 60.4 Å². The van der Waals surface area contributed by atoms with E-state index in [0.29, 0.717) is 0 Å². The van der Waals surface area contributed by atoms with Crippen molar-refractivity contribution in [3.05, 3.63) is 30.3 Å². The van der Waals surface area contributed by atoms with Gasteiger partial charge in [0.1, 0.15) is 0 Å². The van der Waals surface area contributed by atoms with Crippen LogP contribution in [0.2, 0.25) is 0 Å². The molecule has 1 aromatic rings. The molecule has 1 rings (SSSR count). The van der Waals surface area contributed by atoms with Crippen molar-refractivity contribution in [2.45, 2.75) is 0 Å². The first-order valence-electron chi connectivity index (χ1n) is 2.69. The van der Waals surface area contributed by atoms with E-state index in [-0.39, 0.29) is 20.5 Å². The summed E-state index contributed by atoms with van der Waals surface area (Å²) in [5.74, 6) is 0. The van der Waals surface area contributed by atoms with E-state index in [2.05, 4.69) is 0 Å². The number of benzene rings is 1. The zero-order chi connectivity index (χ0) is 6.53. The van der Waals surface area contributed by atoms with Crippen LogP contribution in [0.25, 0.3) is 0 Å². The molecule has 0 saturated heterocycles. The summed E-state index contributed by atoms with van der Waals surface area (Å²) < 4.78 is 1.19. The van der Waals surface area contributed by atoms with Gasteiger partial charge in [-0.3, -0.25) is 0 Å². The van der Waals surface area contributed by atoms with E-state index >= 15 is 0 Å². The van der Waals surface area contributed by atoms with Gasteiger partial charge in [0.05, 0.1) is 0 Å². The normalized spacial score (nSPS) is 9.44. The Kier molecular flexibility index (Phi) is 2.78. The molecule has 1 radical (unpaired) electrons. The SMILES string of the molecule is [O]C[Se]c1ccccc1. The molecule has 0 aliphatic rings. The van der Waals surface area contributed by atoms with Crippen molar-refractivity contribution in [2.24, 2.45) is 0 Å². The van der Waals surface area contributed by atoms with E-state index in [1.807, 2.05) is 30.3 Å². The summed E-state index contributed by atoms with van der Waals surface area (Å²) >= 11 is 0.154. The van der Waals surface area contributed by atoms with Gasteiger partial charge in [0, 0.05) is 0 Å². The molecule has 0 aromatic heterocycles. The molecule has 1 aromatic carbocycles. The first kappa shape index (κ1) is 6.81. The van der Waals surface area contributed by atoms with E-state index in [0.717, 1.165) is 0 Å². The summed E-state index contributed by atoms with van der Waals surface area (Å²) in [7, 11) is 0. The molecule has 1 nitrogen and oxygen atoms in total. The molecule has 0 atom stereocenters. The second-order valence-electron chi connectivity index (χ2n) is 1.58. The molecule has 0 saturated carbocycles. The summed E-state index contributed by atoms with van der Waals surface area (Å²) in [5.41, 5.74) is 0.0526. The van der Waals surface area contributed by atoms with Crippen molar-refractivity contribution < 1.29 is 5.11 Å². The van der Waals surface area contributed by atoms with Gasteiger partial charge in [-0.1, -0.05) is 0 Å². The van der Waals surface area contributed by atoms with Gasteiger partial charge in [-0.25, -0.2) is 0 Å². The number of hydrogen-bond acceptors (Lipinski definition) is 0. The van der Waals surface area contributed by atoms with Gasteiger partial charge in [-0.2, -0.15) is 0 Å². The molecular formula is C7H7OSe. The van der Waals surface area contributed by atoms with Gasteiger partial charge in [0.25, 0.3) is 0 Å². The molecule has 2 heteroatoms. The van der Waals surface area contributed by atoms with Crippen molar-refractivity contribution in [1.29, 1.82) is 0 Å². The summed E-state index contributed by atoms with van der Waals surface area (Å²) in [5, 5.41) is 10.1. The summed E-state index contributed by atoms with van der Waals surface area (Å²) in [6.45, 7) is 0. The Morgan fingerprint density at radius 2 is 1.89 bits per heavy atom. The first-order chi connectivity index (χ1) is 4.43. The number of rotatable bonds is 2. The van der Waals surface area contributed by atoms with Crippen molar-refractivity contribution in [3.63, 3.8) is 0 Å². The molecule has 0 aliphatic heterocycles. The average molecular weight is 186 g/mol. The van der Waals surface area contributed by atoms with Crippen molar-refractivity contribution in [1.82, 2.24) is 0 Å². The Bertz CT molecular complexity index is 162. The maximum atomic E-state index is 10.1. The molecule has 9 heavy (non-hydrogen) atoms. The van der Waals surface area contributed by atoms with Crippen LogP contribution in [-0.2, 0) is 5.11 Å². The van der Waals surface area contributed by atoms with Crippen LogP contribution in [0.3, 0.4) is 0 Å². The summed E-state index contributed by atoms with van der Waals surface area (Å²) in [6.07, 6.45) is 0. The molecule has 0 amide bonds. The van der Waals surface area contributed by atoms with Crippen LogP contribution in [0, 0.1) is 0 Å². The van der Waals surface area contributed by atoms with Gasteiger partial charge < -0.3 is 0 Å². The Morgan fingerprint density at radius 1 is 1.22 bits per heavy atom. The average Bonchev–Trinajstić information content (AvgIpc) is 1.91. The fourth-order valence-electron chi connectivity index (χ4n) is 0.585. The molecule has 0 N–H and O–H groups in total. The van der Waals surface area contributed by atoms with Crippen LogP contribution in [0.15, 0.2) is 30.3 Å². The van der Waals surface area contributed by atoms with E-state index in [4.69, 9.17) is 0 Å². The van der Waals surface area contributed by atoms with Crippen LogP contribution in [0.5, 0.6) is 0 Å². The van der Waals surface area contributed by atoms with Crippen molar-refractivity contribution >= 4 is 19.4 Å². The Labute approximate surface area is 60.9 Å². The van der Waals surface area contributed by atoms with E-state index < -0.39 is 0 Å². The van der Waals surface area contributed by atoms with Crippen LogP contribution in [-0.4, -0.2) is 20.5 Å². The van der Waals surface area contributed by atoms with Crippen LogP contribution >= 0.6 is 0 Å². The summed E-state index contributed by atoms with van der Waals surface area (Å²) in [4.78, 5) is 0. The maximum absolute atomic E-state index is 10.1. The molecule has 0 heterocycles. The Balaban J connectivity index is 2.61. The van der Waals surface area contributed by atoms with Crippen LogP contribution in [0.1, 0.15) is 0 Å². The van der Waals surface area contributed by atoms with Gasteiger partial charge in [-0.15, -0.1) is 0 Å². The van der Waals surface area contributed by atoms with E-state index in [1.54, 1.807) is 0 Å². The second kappa shape index (κ2) is 3.67. The molecule has 0 fully saturated rings. The van der Waals surface area contributed by atoms with Crippen molar-refractivity contribution in [2.75, 3.05) is 5.51 Å². The van der Waals surface area contributed by atoms with Crippen LogP contribution in [0.4, 0.5) is 0 Å². The van der Waals surface area contributed by atoms with Gasteiger partial charge in [0.15, 0.2) is 0 Å². The monoisotopic (exact) mass is 187 g/mol. The minimum atomic E-state index is 0.0526. The quantitative estimate of drug-likeness (QED) is 0.596. The summed E-state index contributed by atoms with van der Waals surface area (Å²) in [6, 6.07) is 9.89. The zero-order valence-corrected chi connectivity index (χ0v) is 6.62. The molecule has 0 aliphatic carbocycles. The van der Waals surface area contributed by atoms with Crippen molar-refractivity contribution in [3.8, 4) is 0 Å². The minimum absolute atomic E-state index is 0.0526. The first-order valence-corrected chi connectivity index (χ1v) is 4.76. The Hall–Kier alpha value is -0.301. The molecule has 0 unspecified atom stereocenters. The third kappa shape index (κ3) is 2.18. The molecule has 0 spiro atoms. The second-order valence-corrected chi connectivity index (χ2v) is 3.66. The third-order valence-electron chi connectivity index (χ3n) is 0.969. The van der Waals surface area contributed by atoms with E-state index in [1.165, 1.54) is 4.46 Å². The predicted octanol–water partition coefficient (Wildman–Crippen LogP) is 0.404. The van der Waals surface area contributed by atoms with Gasteiger partial charge in [-0.05, 0) is 0 Å². The third-order valence-corrected chi connectivity index (χ3v) is 2.49. The standard InChI is InChI=1S/C7H7OSe/c8-6-9-7-4-2-1-3-5-7/h1-5H,6H2. The predicted molar refractivity (Wildman–Crippen MR) is 37.4 cm³/mol. The Morgan fingerprint density at radius 3 is 2.44 bits per heavy atom. The topological polar surface area (TPSA) is 19.9 Å². The molecule has 0 bridgehead atoms. The van der Waals surface area contributed by atoms with Gasteiger partial charge in [0.2, 0.25) is 0 Å². The van der Waals surface area contributed by atoms with E-state index in [9.17, 15) is 5.11 Å². The molecule has 47 valence electrons. The molecular weight excluding hydrogens is 179 g/mol. The fourth-order valence-corrected chi connectivity index (χ4v) is 1.60. The van der Waals surface area contributed by atoms with Crippen LogP contribution < -0.4 is 4.46 Å². The fraction of sp³-hybridized carbons (Fsp3) is 0.143. The zero-order valence-electron chi connectivity index (χ0n) is 4.91. The number of hydrogen-bond donors (Lipinski definition) is 0.